The van der Waals surface area contributed by atoms with Gasteiger partial charge in [-0.2, -0.15) is 4.31 Å². The predicted molar refractivity (Wildman–Crippen MR) is 157 cm³/mol. The van der Waals surface area contributed by atoms with Crippen LogP contribution in [0.15, 0.2) is 119 Å². The quantitative estimate of drug-likeness (QED) is 0.275. The number of hydrogen-bond acceptors (Lipinski definition) is 6. The molecule has 1 aliphatic rings. The number of carbonyl (C=O) groups is 1. The van der Waals surface area contributed by atoms with Crippen molar-refractivity contribution in [3.63, 3.8) is 0 Å². The third kappa shape index (κ3) is 6.59. The molecule has 1 saturated heterocycles. The van der Waals surface area contributed by atoms with Gasteiger partial charge >= 0.3 is 0 Å². The van der Waals surface area contributed by atoms with Crippen LogP contribution in [-0.2, 0) is 24.8 Å². The highest BCUT2D eigenvalue weighted by Gasteiger charge is 2.28. The van der Waals surface area contributed by atoms with Crippen molar-refractivity contribution >= 4 is 37.3 Å². The highest BCUT2D eigenvalue weighted by Crippen LogP contribution is 2.28. The maximum absolute atomic E-state index is 13.6. The summed E-state index contributed by atoms with van der Waals surface area (Å²) in [6.07, 6.45) is 1.66. The van der Waals surface area contributed by atoms with Gasteiger partial charge in [0.05, 0.1) is 15.5 Å². The molecule has 0 radical (unpaired) electrons. The molecule has 0 bridgehead atoms. The topological polar surface area (TPSA) is 113 Å². The van der Waals surface area contributed by atoms with Gasteiger partial charge in [0, 0.05) is 18.8 Å². The summed E-state index contributed by atoms with van der Waals surface area (Å²) in [5, 5.41) is 2.68. The first-order valence-corrected chi connectivity index (χ1v) is 15.9. The van der Waals surface area contributed by atoms with Crippen LogP contribution in [0.1, 0.15) is 12.8 Å². The van der Waals surface area contributed by atoms with Crippen molar-refractivity contribution in [1.29, 1.82) is 0 Å². The van der Waals surface area contributed by atoms with Crippen molar-refractivity contribution in [3.8, 4) is 11.5 Å². The third-order valence-electron chi connectivity index (χ3n) is 6.56. The van der Waals surface area contributed by atoms with Gasteiger partial charge < -0.3 is 10.1 Å². The standard InChI is InChI=1S/C30H29N3O6S2/c34-30(31-24-13-19-29(20-14-24)40(35,36)32-21-7-8-22-32)23-33(41(37,38)28-11-5-2-6-12-28)25-15-17-27(18-16-25)39-26-9-3-1-4-10-26/h1-6,9-20H,7-8,21-23H2,(H,31,34). The van der Waals surface area contributed by atoms with Crippen molar-refractivity contribution in [2.45, 2.75) is 22.6 Å². The van der Waals surface area contributed by atoms with Crippen molar-refractivity contribution < 1.29 is 26.4 Å². The first-order valence-electron chi connectivity index (χ1n) is 13.0. The SMILES string of the molecule is O=C(CN(c1ccc(Oc2ccccc2)cc1)S(=O)(=O)c1ccccc1)Nc1ccc(S(=O)(=O)N2CCCC2)cc1. The molecule has 0 atom stereocenters. The van der Waals surface area contributed by atoms with E-state index in [-0.39, 0.29) is 15.5 Å². The molecule has 0 saturated carbocycles. The first-order chi connectivity index (χ1) is 19.7. The monoisotopic (exact) mass is 591 g/mol. The number of sulfonamides is 2. The van der Waals surface area contributed by atoms with Crippen molar-refractivity contribution in [3.05, 3.63) is 109 Å². The van der Waals surface area contributed by atoms with Gasteiger partial charge in [-0.15, -0.1) is 0 Å². The second-order valence-electron chi connectivity index (χ2n) is 9.42. The predicted octanol–water partition coefficient (Wildman–Crippen LogP) is 5.10. The smallest absolute Gasteiger partial charge is 0.264 e. The number of ether oxygens (including phenoxy) is 1. The molecule has 1 aliphatic heterocycles. The van der Waals surface area contributed by atoms with Gasteiger partial charge in [0.1, 0.15) is 18.0 Å². The minimum absolute atomic E-state index is 0.0360. The molecule has 0 aliphatic carbocycles. The fourth-order valence-electron chi connectivity index (χ4n) is 4.46. The van der Waals surface area contributed by atoms with Gasteiger partial charge in [0.2, 0.25) is 15.9 Å². The maximum atomic E-state index is 13.6. The molecule has 0 spiro atoms. The molecular formula is C30H29N3O6S2. The second kappa shape index (κ2) is 12.1. The number of amides is 1. The Morgan fingerprint density at radius 2 is 1.27 bits per heavy atom. The number of anilines is 2. The molecule has 0 unspecified atom stereocenters. The highest BCUT2D eigenvalue weighted by molar-refractivity contribution is 7.92. The molecule has 41 heavy (non-hydrogen) atoms. The molecule has 4 aromatic carbocycles. The van der Waals surface area contributed by atoms with Gasteiger partial charge in [-0.25, -0.2) is 16.8 Å². The molecule has 9 nitrogen and oxygen atoms in total. The van der Waals surface area contributed by atoms with Crippen LogP contribution in [-0.4, -0.2) is 46.7 Å². The fraction of sp³-hybridized carbons (Fsp3) is 0.167. The number of nitrogens with zero attached hydrogens (tertiary/aromatic N) is 2. The number of benzene rings is 4. The van der Waals surface area contributed by atoms with E-state index < -0.39 is 32.5 Å². The number of hydrogen-bond donors (Lipinski definition) is 1. The fourth-order valence-corrected chi connectivity index (χ4v) is 7.42. The molecule has 1 fully saturated rings. The average Bonchev–Trinajstić information content (AvgIpc) is 3.54. The summed E-state index contributed by atoms with van der Waals surface area (Å²) in [5.74, 6) is 0.544. The van der Waals surface area contributed by atoms with Crippen LogP contribution < -0.4 is 14.4 Å². The summed E-state index contributed by atoms with van der Waals surface area (Å²) in [4.78, 5) is 13.3. The Balaban J connectivity index is 1.35. The Bertz CT molecular complexity index is 1690. The van der Waals surface area contributed by atoms with E-state index in [0.717, 1.165) is 17.1 Å². The minimum atomic E-state index is -4.10. The molecule has 11 heteroatoms. The van der Waals surface area contributed by atoms with Gasteiger partial charge in [0.15, 0.2) is 0 Å². The lowest BCUT2D eigenvalue weighted by atomic mass is 10.3. The Morgan fingerprint density at radius 1 is 0.707 bits per heavy atom. The zero-order valence-corrected chi connectivity index (χ0v) is 23.7. The molecule has 0 aromatic heterocycles. The molecular weight excluding hydrogens is 562 g/mol. The molecule has 1 N–H and O–H groups in total. The second-order valence-corrected chi connectivity index (χ2v) is 13.2. The van der Waals surface area contributed by atoms with Crippen molar-refractivity contribution in [2.24, 2.45) is 0 Å². The lowest BCUT2D eigenvalue weighted by Gasteiger charge is -2.24. The van der Waals surface area contributed by atoms with E-state index in [4.69, 9.17) is 4.74 Å². The summed E-state index contributed by atoms with van der Waals surface area (Å²) in [6, 6.07) is 29.3. The Labute approximate surface area is 240 Å². The molecule has 1 heterocycles. The number of para-hydroxylation sites is 1. The van der Waals surface area contributed by atoms with E-state index in [1.165, 1.54) is 40.7 Å². The van der Waals surface area contributed by atoms with Crippen LogP contribution in [0, 0.1) is 0 Å². The normalized spacial score (nSPS) is 14.0. The van der Waals surface area contributed by atoms with Crippen LogP contribution in [0.2, 0.25) is 0 Å². The van der Waals surface area contributed by atoms with Crippen molar-refractivity contribution in [2.75, 3.05) is 29.3 Å². The summed E-state index contributed by atoms with van der Waals surface area (Å²) in [5.41, 5.74) is 0.621. The van der Waals surface area contributed by atoms with Gasteiger partial charge in [-0.3, -0.25) is 9.10 Å². The lowest BCUT2D eigenvalue weighted by molar-refractivity contribution is -0.114. The van der Waals surface area contributed by atoms with E-state index >= 15 is 0 Å². The van der Waals surface area contributed by atoms with Crippen LogP contribution >= 0.6 is 0 Å². The molecule has 1 amide bonds. The highest BCUT2D eigenvalue weighted by atomic mass is 32.2. The van der Waals surface area contributed by atoms with E-state index in [0.29, 0.717) is 30.3 Å². The number of nitrogens with one attached hydrogen (secondary N) is 1. The van der Waals surface area contributed by atoms with Gasteiger partial charge in [0.25, 0.3) is 10.0 Å². The largest absolute Gasteiger partial charge is 0.457 e. The number of carbonyl (C=O) groups excluding carboxylic acids is 1. The Hall–Kier alpha value is -4.19. The summed E-state index contributed by atoms with van der Waals surface area (Å²) >= 11 is 0. The number of rotatable bonds is 10. The third-order valence-corrected chi connectivity index (χ3v) is 10.3. The zero-order valence-electron chi connectivity index (χ0n) is 22.1. The summed E-state index contributed by atoms with van der Waals surface area (Å²) in [6.45, 7) is 0.474. The molecule has 5 rings (SSSR count). The molecule has 212 valence electrons. The lowest BCUT2D eigenvalue weighted by Crippen LogP contribution is -2.38. The van der Waals surface area contributed by atoms with Crippen LogP contribution in [0.5, 0.6) is 11.5 Å². The zero-order chi connectivity index (χ0) is 28.9. The molecule has 4 aromatic rings. The summed E-state index contributed by atoms with van der Waals surface area (Å²) in [7, 11) is -7.69. The van der Waals surface area contributed by atoms with E-state index in [1.807, 2.05) is 18.2 Å². The van der Waals surface area contributed by atoms with E-state index in [1.54, 1.807) is 54.6 Å². The Kier molecular flexibility index (Phi) is 8.39. The summed E-state index contributed by atoms with van der Waals surface area (Å²) < 4.78 is 61.1. The maximum Gasteiger partial charge on any atom is 0.264 e. The van der Waals surface area contributed by atoms with Crippen LogP contribution in [0.25, 0.3) is 0 Å². The van der Waals surface area contributed by atoms with Gasteiger partial charge in [-0.1, -0.05) is 36.4 Å². The van der Waals surface area contributed by atoms with Gasteiger partial charge in [-0.05, 0) is 85.6 Å². The van der Waals surface area contributed by atoms with E-state index in [2.05, 4.69) is 5.32 Å². The van der Waals surface area contributed by atoms with Crippen LogP contribution in [0.4, 0.5) is 11.4 Å². The average molecular weight is 592 g/mol. The van der Waals surface area contributed by atoms with Crippen LogP contribution in [0.3, 0.4) is 0 Å². The minimum Gasteiger partial charge on any atom is -0.457 e. The van der Waals surface area contributed by atoms with E-state index in [9.17, 15) is 21.6 Å². The first kappa shape index (κ1) is 28.3. The van der Waals surface area contributed by atoms with Crippen molar-refractivity contribution in [1.82, 2.24) is 4.31 Å². The Morgan fingerprint density at radius 3 is 1.88 bits per heavy atom.